The summed E-state index contributed by atoms with van der Waals surface area (Å²) in [5.74, 6) is 2.22. The van der Waals surface area contributed by atoms with E-state index in [4.69, 9.17) is 9.15 Å². The molecule has 0 aromatic carbocycles. The first-order chi connectivity index (χ1) is 9.13. The quantitative estimate of drug-likeness (QED) is 0.865. The summed E-state index contributed by atoms with van der Waals surface area (Å²) in [6.07, 6.45) is 0. The van der Waals surface area contributed by atoms with Gasteiger partial charge < -0.3 is 14.5 Å². The van der Waals surface area contributed by atoms with Crippen LogP contribution < -0.4 is 5.32 Å². The van der Waals surface area contributed by atoms with Gasteiger partial charge in [-0.05, 0) is 19.1 Å². The third-order valence-electron chi connectivity index (χ3n) is 3.66. The Kier molecular flexibility index (Phi) is 4.61. The average Bonchev–Trinajstić information content (AvgIpc) is 2.96. The largest absolute Gasteiger partial charge is 0.465 e. The van der Waals surface area contributed by atoms with E-state index in [2.05, 4.69) is 10.2 Å². The van der Waals surface area contributed by atoms with E-state index in [0.717, 1.165) is 31.2 Å². The predicted molar refractivity (Wildman–Crippen MR) is 71.6 cm³/mol. The molecule has 19 heavy (non-hydrogen) atoms. The van der Waals surface area contributed by atoms with Crippen molar-refractivity contribution in [3.05, 3.63) is 23.7 Å². The molecule has 2 heterocycles. The van der Waals surface area contributed by atoms with Crippen LogP contribution in [0, 0.1) is 18.8 Å². The van der Waals surface area contributed by atoms with Crippen molar-refractivity contribution in [2.24, 2.45) is 11.8 Å². The first-order valence-electron chi connectivity index (χ1n) is 6.62. The monoisotopic (exact) mass is 266 g/mol. The fourth-order valence-corrected chi connectivity index (χ4v) is 2.75. The van der Waals surface area contributed by atoms with Crippen LogP contribution in [0.3, 0.4) is 0 Å². The maximum absolute atomic E-state index is 11.9. The van der Waals surface area contributed by atoms with Gasteiger partial charge in [-0.1, -0.05) is 0 Å². The van der Waals surface area contributed by atoms with Gasteiger partial charge in [0.2, 0.25) is 5.91 Å². The number of carbonyl (C=O) groups is 1. The third kappa shape index (κ3) is 3.36. The summed E-state index contributed by atoms with van der Waals surface area (Å²) < 4.78 is 10.8. The Labute approximate surface area is 113 Å². The molecule has 0 radical (unpaired) electrons. The molecular weight excluding hydrogens is 244 g/mol. The summed E-state index contributed by atoms with van der Waals surface area (Å²) in [5.41, 5.74) is 0. The molecule has 1 aromatic heterocycles. The Hall–Kier alpha value is -1.33. The molecule has 1 aliphatic heterocycles. The van der Waals surface area contributed by atoms with Gasteiger partial charge in [0.15, 0.2) is 0 Å². The number of carbonyl (C=O) groups excluding carboxylic acids is 1. The molecule has 1 aliphatic rings. The molecule has 1 aromatic rings. The van der Waals surface area contributed by atoms with E-state index in [1.165, 1.54) is 0 Å². The number of ether oxygens (including phenoxy) is 1. The van der Waals surface area contributed by atoms with Crippen molar-refractivity contribution in [2.45, 2.75) is 13.5 Å². The van der Waals surface area contributed by atoms with Gasteiger partial charge in [-0.3, -0.25) is 9.69 Å². The zero-order chi connectivity index (χ0) is 13.8. The number of amides is 1. The highest BCUT2D eigenvalue weighted by Crippen LogP contribution is 2.25. The topological polar surface area (TPSA) is 54.7 Å². The van der Waals surface area contributed by atoms with Crippen LogP contribution in [-0.2, 0) is 16.1 Å². The van der Waals surface area contributed by atoms with E-state index in [1.54, 1.807) is 14.2 Å². The van der Waals surface area contributed by atoms with Crippen LogP contribution >= 0.6 is 0 Å². The van der Waals surface area contributed by atoms with Crippen LogP contribution in [0.4, 0.5) is 0 Å². The van der Waals surface area contributed by atoms with E-state index in [0.29, 0.717) is 6.61 Å². The molecule has 0 saturated carbocycles. The lowest BCUT2D eigenvalue weighted by Gasteiger charge is -2.15. The number of methoxy groups -OCH3 is 1. The number of aryl methyl sites for hydroxylation is 1. The van der Waals surface area contributed by atoms with E-state index in [9.17, 15) is 4.79 Å². The fourth-order valence-electron chi connectivity index (χ4n) is 2.75. The van der Waals surface area contributed by atoms with Gasteiger partial charge in [-0.2, -0.15) is 0 Å². The highest BCUT2D eigenvalue weighted by Gasteiger charge is 2.37. The van der Waals surface area contributed by atoms with Gasteiger partial charge in [0.1, 0.15) is 11.5 Å². The molecule has 1 fully saturated rings. The lowest BCUT2D eigenvalue weighted by molar-refractivity contribution is -0.125. The van der Waals surface area contributed by atoms with Gasteiger partial charge in [0, 0.05) is 33.2 Å². The zero-order valence-corrected chi connectivity index (χ0v) is 11.8. The van der Waals surface area contributed by atoms with Crippen molar-refractivity contribution in [1.82, 2.24) is 10.2 Å². The van der Waals surface area contributed by atoms with Crippen LogP contribution in [0.25, 0.3) is 0 Å². The van der Waals surface area contributed by atoms with Crippen molar-refractivity contribution in [3.8, 4) is 0 Å². The molecule has 0 bridgehead atoms. The minimum Gasteiger partial charge on any atom is -0.465 e. The van der Waals surface area contributed by atoms with Crippen molar-refractivity contribution in [3.63, 3.8) is 0 Å². The lowest BCUT2D eigenvalue weighted by Crippen LogP contribution is -2.34. The molecule has 2 atom stereocenters. The van der Waals surface area contributed by atoms with Crippen molar-refractivity contribution < 1.29 is 13.9 Å². The molecular formula is C14H22N2O3. The number of nitrogens with zero attached hydrogens (tertiary/aromatic N) is 1. The maximum Gasteiger partial charge on any atom is 0.224 e. The van der Waals surface area contributed by atoms with Crippen molar-refractivity contribution in [2.75, 3.05) is 33.9 Å². The molecule has 1 saturated heterocycles. The Bertz CT molecular complexity index is 430. The van der Waals surface area contributed by atoms with Crippen molar-refractivity contribution >= 4 is 5.91 Å². The summed E-state index contributed by atoms with van der Waals surface area (Å²) in [6, 6.07) is 3.96. The Morgan fingerprint density at radius 3 is 2.89 bits per heavy atom. The molecule has 2 rings (SSSR count). The number of hydrogen-bond acceptors (Lipinski definition) is 4. The van der Waals surface area contributed by atoms with Crippen LogP contribution in [0.15, 0.2) is 16.5 Å². The second-order valence-electron chi connectivity index (χ2n) is 5.14. The second-order valence-corrected chi connectivity index (χ2v) is 5.14. The number of hydrogen-bond donors (Lipinski definition) is 1. The normalized spacial score (nSPS) is 23.7. The third-order valence-corrected chi connectivity index (χ3v) is 3.66. The van der Waals surface area contributed by atoms with E-state index in [1.807, 2.05) is 19.1 Å². The average molecular weight is 266 g/mol. The van der Waals surface area contributed by atoms with E-state index >= 15 is 0 Å². The molecule has 5 heteroatoms. The molecule has 0 unspecified atom stereocenters. The van der Waals surface area contributed by atoms with Gasteiger partial charge in [0.25, 0.3) is 0 Å². The summed E-state index contributed by atoms with van der Waals surface area (Å²) >= 11 is 0. The summed E-state index contributed by atoms with van der Waals surface area (Å²) in [7, 11) is 3.37. The molecule has 1 N–H and O–H groups in total. The molecule has 0 aliphatic carbocycles. The standard InChI is InChI=1S/C14H22N2O3/c1-10-4-5-12(19-10)7-16-6-11(9-18-3)13(8-16)14(17)15-2/h4-5,11,13H,6-9H2,1-3H3,(H,15,17)/t11-,13+/m0/s1. The number of rotatable bonds is 5. The smallest absolute Gasteiger partial charge is 0.224 e. The van der Waals surface area contributed by atoms with E-state index in [-0.39, 0.29) is 17.7 Å². The Morgan fingerprint density at radius 1 is 1.53 bits per heavy atom. The second kappa shape index (κ2) is 6.21. The maximum atomic E-state index is 11.9. The summed E-state index contributed by atoms with van der Waals surface area (Å²) in [6.45, 7) is 4.93. The number of likely N-dealkylation sites (tertiary alicyclic amines) is 1. The van der Waals surface area contributed by atoms with Gasteiger partial charge in [0.05, 0.1) is 19.1 Å². The van der Waals surface area contributed by atoms with Crippen LogP contribution in [0.2, 0.25) is 0 Å². The minimum atomic E-state index is 0.000934. The SMILES string of the molecule is CNC(=O)[C@@H]1CN(Cc2ccc(C)o2)C[C@H]1COC. The Balaban J connectivity index is 1.98. The molecule has 1 amide bonds. The number of furan rings is 1. The fraction of sp³-hybridized carbons (Fsp3) is 0.643. The van der Waals surface area contributed by atoms with Crippen molar-refractivity contribution in [1.29, 1.82) is 0 Å². The highest BCUT2D eigenvalue weighted by atomic mass is 16.5. The molecule has 106 valence electrons. The van der Waals surface area contributed by atoms with Crippen LogP contribution in [0.1, 0.15) is 11.5 Å². The number of nitrogens with one attached hydrogen (secondary N) is 1. The lowest BCUT2D eigenvalue weighted by atomic mass is 9.96. The van der Waals surface area contributed by atoms with Crippen LogP contribution in [-0.4, -0.2) is 44.7 Å². The molecule has 0 spiro atoms. The van der Waals surface area contributed by atoms with Gasteiger partial charge >= 0.3 is 0 Å². The summed E-state index contributed by atoms with van der Waals surface area (Å²) in [4.78, 5) is 14.1. The molecule has 5 nitrogen and oxygen atoms in total. The first kappa shape index (κ1) is 14.1. The zero-order valence-electron chi connectivity index (χ0n) is 11.8. The summed E-state index contributed by atoms with van der Waals surface area (Å²) in [5, 5.41) is 2.74. The first-order valence-corrected chi connectivity index (χ1v) is 6.62. The van der Waals surface area contributed by atoms with Gasteiger partial charge in [-0.15, -0.1) is 0 Å². The highest BCUT2D eigenvalue weighted by molar-refractivity contribution is 5.79. The van der Waals surface area contributed by atoms with Crippen LogP contribution in [0.5, 0.6) is 0 Å². The van der Waals surface area contributed by atoms with E-state index < -0.39 is 0 Å². The van der Waals surface area contributed by atoms with Gasteiger partial charge in [-0.25, -0.2) is 0 Å². The minimum absolute atomic E-state index is 0.000934. The predicted octanol–water partition coefficient (Wildman–Crippen LogP) is 1.03. The Morgan fingerprint density at radius 2 is 2.32 bits per heavy atom.